The molecule has 0 nitrogen and oxygen atoms in total. The first-order chi connectivity index (χ1) is 0. The molecule has 29 valence electrons. The molecule has 4 heteroatoms. The molecule has 0 amide bonds. The van der Waals surface area contributed by atoms with Crippen molar-refractivity contribution in [1.29, 1.82) is 0 Å². The van der Waals surface area contributed by atoms with E-state index in [1.165, 1.54) is 0 Å². The fourth-order valence-corrected chi connectivity index (χ4v) is 0. The number of rotatable bonds is 0. The molecule has 0 aliphatic carbocycles. The number of hydrogen-bond acceptors (Lipinski definition) is 0. The van der Waals surface area contributed by atoms with E-state index in [0.29, 0.717) is 0 Å². The summed E-state index contributed by atoms with van der Waals surface area (Å²) in [7, 11) is 0. The van der Waals surface area contributed by atoms with Gasteiger partial charge in [-0.1, -0.05) is 0 Å². The zero-order valence-electron chi connectivity index (χ0n) is 1.87. The van der Waals surface area contributed by atoms with Crippen molar-refractivity contribution in [3.8, 4) is 0 Å². The van der Waals surface area contributed by atoms with Gasteiger partial charge >= 0.3 is 0 Å². The molecule has 0 aromatic carbocycles. The van der Waals surface area contributed by atoms with E-state index in [0.717, 1.165) is 0 Å². The summed E-state index contributed by atoms with van der Waals surface area (Å²) in [5.41, 5.74) is 0. The van der Waals surface area contributed by atoms with Crippen LogP contribution in [0.3, 0.4) is 0 Å². The van der Waals surface area contributed by atoms with Gasteiger partial charge in [-0.3, -0.25) is 0 Å². The topological polar surface area (TPSA) is 0 Å². The van der Waals surface area contributed by atoms with Crippen LogP contribution in [0.1, 0.15) is 0 Å². The summed E-state index contributed by atoms with van der Waals surface area (Å²) in [6, 6.07) is 0. The normalized spacial score (nSPS) is 0. The first-order valence-electron chi connectivity index (χ1n) is 0. The molecule has 0 rings (SSSR count). The van der Waals surface area contributed by atoms with Gasteiger partial charge in [0.15, 0.2) is 0 Å². The zero-order chi connectivity index (χ0) is 0. The standard InChI is InChI=1S/Er.Mg.Mn.H2S/h;;;1H2. The second-order valence-electron chi connectivity index (χ2n) is 0. The van der Waals surface area contributed by atoms with Gasteiger partial charge in [0, 0.05) is 77.4 Å². The summed E-state index contributed by atoms with van der Waals surface area (Å²) >= 11 is 0. The molecule has 0 unspecified atom stereocenters. The van der Waals surface area contributed by atoms with E-state index in [9.17, 15) is 0 Å². The molecule has 0 atom stereocenters. The summed E-state index contributed by atoms with van der Waals surface area (Å²) in [6.45, 7) is 0. The summed E-state index contributed by atoms with van der Waals surface area (Å²) in [6.07, 6.45) is 0. The quantitative estimate of drug-likeness (QED) is 0.536. The molecular weight excluding hydrogens is 279 g/mol. The molecule has 3 radical (unpaired) electrons. The van der Waals surface area contributed by atoms with Gasteiger partial charge in [0.1, 0.15) is 0 Å². The van der Waals surface area contributed by atoms with Gasteiger partial charge in [-0.25, -0.2) is 0 Å². The fourth-order valence-electron chi connectivity index (χ4n) is 0. The Bertz CT molecular complexity index is 8.00. The van der Waals surface area contributed by atoms with Crippen molar-refractivity contribution in [3.05, 3.63) is 0 Å². The van der Waals surface area contributed by atoms with Crippen LogP contribution in [0.25, 0.3) is 0 Å². The van der Waals surface area contributed by atoms with Crippen LogP contribution in [0, 0.1) is 37.3 Å². The Hall–Kier alpha value is 2.88. The van der Waals surface area contributed by atoms with Gasteiger partial charge in [0.25, 0.3) is 0 Å². The van der Waals surface area contributed by atoms with Crippen LogP contribution in [-0.2, 0) is 17.1 Å². The summed E-state index contributed by atoms with van der Waals surface area (Å²) in [5.74, 6) is 0. The van der Waals surface area contributed by atoms with Crippen molar-refractivity contribution in [2.45, 2.75) is 0 Å². The number of hydrogen-bond donors (Lipinski definition) is 0. The van der Waals surface area contributed by atoms with Crippen molar-refractivity contribution >= 4 is 36.5 Å². The van der Waals surface area contributed by atoms with E-state index < -0.39 is 0 Å². The first-order valence-corrected chi connectivity index (χ1v) is 0. The minimum absolute atomic E-state index is 0. The molecule has 0 aliphatic rings. The van der Waals surface area contributed by atoms with E-state index in [4.69, 9.17) is 0 Å². The average Bonchev–Trinajstić information content (AvgIpc) is 0. The maximum Gasteiger partial charge on any atom is 0 e. The van der Waals surface area contributed by atoms with Crippen LogP contribution < -0.4 is 0 Å². The van der Waals surface area contributed by atoms with Crippen molar-refractivity contribution in [2.75, 3.05) is 0 Å². The molecule has 0 heterocycles. The molecular formula is H2ErMgMnS. The molecule has 0 aromatic heterocycles. The Kier molecular flexibility index (Phi) is 121. The van der Waals surface area contributed by atoms with Crippen LogP contribution in [0.5, 0.6) is 0 Å². The van der Waals surface area contributed by atoms with Crippen LogP contribution >= 0.6 is 13.5 Å². The van der Waals surface area contributed by atoms with Gasteiger partial charge < -0.3 is 0 Å². The van der Waals surface area contributed by atoms with Crippen molar-refractivity contribution in [1.82, 2.24) is 0 Å². The van der Waals surface area contributed by atoms with Crippen LogP contribution in [0.15, 0.2) is 0 Å². The fraction of sp³-hybridized carbons (Fsp3) is 0. The maximum atomic E-state index is 0. The third-order valence-electron chi connectivity index (χ3n) is 0. The molecule has 0 aliphatic heterocycles. The summed E-state index contributed by atoms with van der Waals surface area (Å²) in [4.78, 5) is 0. The average molecular weight is 281 g/mol. The minimum atomic E-state index is 0. The maximum absolute atomic E-state index is 0. The van der Waals surface area contributed by atoms with Gasteiger partial charge in [-0.15, -0.1) is 0 Å². The second-order valence-corrected chi connectivity index (χ2v) is 0. The van der Waals surface area contributed by atoms with Crippen molar-refractivity contribution < 1.29 is 54.4 Å². The Labute approximate surface area is 89.1 Å². The van der Waals surface area contributed by atoms with Gasteiger partial charge in [0.05, 0.1) is 0 Å². The summed E-state index contributed by atoms with van der Waals surface area (Å²) in [5, 5.41) is 0. The van der Waals surface area contributed by atoms with Crippen molar-refractivity contribution in [2.24, 2.45) is 0 Å². The van der Waals surface area contributed by atoms with Gasteiger partial charge in [-0.05, 0) is 0 Å². The van der Waals surface area contributed by atoms with Crippen LogP contribution in [0.4, 0.5) is 0 Å². The molecule has 0 saturated carbocycles. The Balaban J connectivity index is 0. The molecule has 0 N–H and O–H groups in total. The van der Waals surface area contributed by atoms with E-state index >= 15 is 0 Å². The Morgan fingerprint density at radius 3 is 1.00 bits per heavy atom. The second kappa shape index (κ2) is 16.9. The molecule has 0 aromatic rings. The van der Waals surface area contributed by atoms with E-state index in [-0.39, 0.29) is 90.9 Å². The van der Waals surface area contributed by atoms with E-state index in [1.54, 1.807) is 0 Å². The third kappa shape index (κ3) is 8.86. The smallest absolute Gasteiger partial charge is 0 e. The van der Waals surface area contributed by atoms with Crippen molar-refractivity contribution in [3.63, 3.8) is 0 Å². The molecule has 0 fully saturated rings. The molecule has 0 bridgehead atoms. The summed E-state index contributed by atoms with van der Waals surface area (Å²) < 4.78 is 0. The predicted octanol–water partition coefficient (Wildman–Crippen LogP) is -0.271. The minimum Gasteiger partial charge on any atom is -0.197 e. The van der Waals surface area contributed by atoms with E-state index in [1.807, 2.05) is 0 Å². The Morgan fingerprint density at radius 1 is 1.00 bits per heavy atom. The molecule has 0 spiro atoms. The monoisotopic (exact) mass is 279 g/mol. The van der Waals surface area contributed by atoms with Crippen LogP contribution in [0.2, 0.25) is 0 Å². The predicted molar refractivity (Wildman–Crippen MR) is 16.1 cm³/mol. The SMILES string of the molecule is S.[Er].[Mg].[Mn]. The van der Waals surface area contributed by atoms with Gasteiger partial charge in [-0.2, -0.15) is 13.5 Å². The van der Waals surface area contributed by atoms with Gasteiger partial charge in [0.2, 0.25) is 0 Å². The zero-order valence-corrected chi connectivity index (χ0v) is 7.32. The third-order valence-corrected chi connectivity index (χ3v) is 0. The molecule has 0 saturated heterocycles. The largest absolute Gasteiger partial charge is 0.197 e. The van der Waals surface area contributed by atoms with E-state index in [2.05, 4.69) is 0 Å². The Morgan fingerprint density at radius 2 is 1.00 bits per heavy atom. The van der Waals surface area contributed by atoms with Crippen LogP contribution in [-0.4, -0.2) is 23.1 Å². The molecule has 4 heavy (non-hydrogen) atoms. The first kappa shape index (κ1) is 28.7.